The van der Waals surface area contributed by atoms with Crippen LogP contribution in [0.15, 0.2) is 29.4 Å². The van der Waals surface area contributed by atoms with Crippen molar-refractivity contribution in [1.82, 2.24) is 9.71 Å². The smallest absolute Gasteiger partial charge is 0.208 e. The Labute approximate surface area is 131 Å². The third kappa shape index (κ3) is 5.61. The van der Waals surface area contributed by atoms with Gasteiger partial charge in [-0.15, -0.1) is 0 Å². The normalized spacial score (nSPS) is 23.2. The number of nitrogens with zero attached hydrogens (tertiary/aromatic N) is 2. The van der Waals surface area contributed by atoms with Gasteiger partial charge in [-0.25, -0.2) is 18.1 Å². The monoisotopic (exact) mass is 325 g/mol. The van der Waals surface area contributed by atoms with Gasteiger partial charge in [0.15, 0.2) is 5.96 Å². The lowest BCUT2D eigenvalue weighted by atomic mass is 9.85. The van der Waals surface area contributed by atoms with Gasteiger partial charge in [0.1, 0.15) is 5.82 Å². The van der Waals surface area contributed by atoms with Gasteiger partial charge >= 0.3 is 0 Å². The Morgan fingerprint density at radius 3 is 2.86 bits per heavy atom. The summed E-state index contributed by atoms with van der Waals surface area (Å²) in [6, 6.07) is 5.42. The van der Waals surface area contributed by atoms with Crippen LogP contribution in [-0.4, -0.2) is 38.2 Å². The fraction of sp³-hybridized carbons (Fsp3) is 0.571. The molecule has 0 aromatic carbocycles. The van der Waals surface area contributed by atoms with Crippen LogP contribution < -0.4 is 15.8 Å². The third-order valence-electron chi connectivity index (χ3n) is 3.69. The molecular weight excluding hydrogens is 302 g/mol. The molecule has 1 aliphatic carbocycles. The van der Waals surface area contributed by atoms with Crippen LogP contribution in [0.1, 0.15) is 25.7 Å². The molecule has 0 aliphatic heterocycles. The number of nitrogens with one attached hydrogen (secondary N) is 2. The van der Waals surface area contributed by atoms with Crippen LogP contribution in [0.2, 0.25) is 0 Å². The fourth-order valence-electron chi connectivity index (χ4n) is 2.68. The molecule has 1 fully saturated rings. The Hall–Kier alpha value is -1.67. The molecule has 7 nitrogen and oxygen atoms in total. The largest absolute Gasteiger partial charge is 0.370 e. The highest BCUT2D eigenvalue weighted by atomic mass is 32.2. The zero-order chi connectivity index (χ0) is 16.0. The van der Waals surface area contributed by atoms with E-state index in [1.165, 1.54) is 6.26 Å². The number of aromatic nitrogens is 1. The van der Waals surface area contributed by atoms with E-state index in [2.05, 4.69) is 20.0 Å². The minimum atomic E-state index is -3.20. The van der Waals surface area contributed by atoms with Crippen LogP contribution in [0.3, 0.4) is 0 Å². The summed E-state index contributed by atoms with van der Waals surface area (Å²) in [5.74, 6) is 1.10. The number of hydrogen-bond donors (Lipinski definition) is 3. The minimum Gasteiger partial charge on any atom is -0.370 e. The Kier molecular flexibility index (Phi) is 5.73. The van der Waals surface area contributed by atoms with E-state index in [9.17, 15) is 8.42 Å². The molecule has 8 heteroatoms. The van der Waals surface area contributed by atoms with Crippen LogP contribution >= 0.6 is 0 Å². The molecule has 0 spiro atoms. The van der Waals surface area contributed by atoms with E-state index in [0.29, 0.717) is 18.3 Å². The topological polar surface area (TPSA) is 109 Å². The Morgan fingerprint density at radius 1 is 1.41 bits per heavy atom. The number of hydrogen-bond acceptors (Lipinski definition) is 4. The molecule has 0 amide bonds. The lowest BCUT2D eigenvalue weighted by Crippen LogP contribution is -2.43. The average molecular weight is 325 g/mol. The summed E-state index contributed by atoms with van der Waals surface area (Å²) in [6.07, 6.45) is 6.79. The first-order valence-electron chi connectivity index (χ1n) is 7.39. The first-order valence-corrected chi connectivity index (χ1v) is 9.28. The van der Waals surface area contributed by atoms with E-state index in [0.717, 1.165) is 25.7 Å². The molecule has 2 atom stereocenters. The zero-order valence-electron chi connectivity index (χ0n) is 12.7. The van der Waals surface area contributed by atoms with Gasteiger partial charge in [-0.3, -0.25) is 4.99 Å². The minimum absolute atomic E-state index is 0.0600. The number of sulfonamides is 1. The summed E-state index contributed by atoms with van der Waals surface area (Å²) < 4.78 is 25.6. The molecule has 1 aromatic heterocycles. The third-order valence-corrected chi connectivity index (χ3v) is 4.42. The summed E-state index contributed by atoms with van der Waals surface area (Å²) in [6.45, 7) is 0.499. The molecule has 0 bridgehead atoms. The van der Waals surface area contributed by atoms with Crippen molar-refractivity contribution in [2.45, 2.75) is 31.7 Å². The summed E-state index contributed by atoms with van der Waals surface area (Å²) in [7, 11) is -3.20. The molecule has 0 radical (unpaired) electrons. The predicted molar refractivity (Wildman–Crippen MR) is 88.1 cm³/mol. The predicted octanol–water partition coefficient (Wildman–Crippen LogP) is 0.916. The van der Waals surface area contributed by atoms with Crippen molar-refractivity contribution in [2.75, 3.05) is 18.1 Å². The van der Waals surface area contributed by atoms with E-state index in [4.69, 9.17) is 5.73 Å². The van der Waals surface area contributed by atoms with E-state index < -0.39 is 10.0 Å². The van der Waals surface area contributed by atoms with Crippen LogP contribution in [0.4, 0.5) is 5.82 Å². The summed E-state index contributed by atoms with van der Waals surface area (Å²) in [5, 5.41) is 2.92. The summed E-state index contributed by atoms with van der Waals surface area (Å²) in [5.41, 5.74) is 5.86. The van der Waals surface area contributed by atoms with Crippen molar-refractivity contribution < 1.29 is 8.42 Å². The molecular formula is C14H23N5O2S. The Morgan fingerprint density at radius 2 is 2.18 bits per heavy atom. The zero-order valence-corrected chi connectivity index (χ0v) is 13.5. The summed E-state index contributed by atoms with van der Waals surface area (Å²) in [4.78, 5) is 8.45. The molecule has 0 saturated heterocycles. The number of rotatable bonds is 5. The molecule has 1 aromatic rings. The highest BCUT2D eigenvalue weighted by Gasteiger charge is 2.27. The van der Waals surface area contributed by atoms with Gasteiger partial charge in [0.2, 0.25) is 10.0 Å². The molecule has 1 saturated carbocycles. The number of nitrogens with two attached hydrogens (primary N) is 1. The molecule has 22 heavy (non-hydrogen) atoms. The second-order valence-corrected chi connectivity index (χ2v) is 7.39. The molecule has 2 rings (SSSR count). The first kappa shape index (κ1) is 16.7. The maximum Gasteiger partial charge on any atom is 0.208 e. The van der Waals surface area contributed by atoms with Crippen LogP contribution in [-0.2, 0) is 10.0 Å². The van der Waals surface area contributed by atoms with Crippen molar-refractivity contribution in [3.63, 3.8) is 0 Å². The van der Waals surface area contributed by atoms with Crippen molar-refractivity contribution in [1.29, 1.82) is 0 Å². The standard InChI is InChI=1S/C14H23N5O2S/c1-22(20,21)19-12-7-3-2-6-11(12)10-17-14(15)18-13-8-4-5-9-16-13/h4-5,8-9,11-12,19H,2-3,6-7,10H2,1H3,(H3,15,16,17,18). The average Bonchev–Trinajstić information content (AvgIpc) is 2.46. The van der Waals surface area contributed by atoms with Crippen molar-refractivity contribution in [3.05, 3.63) is 24.4 Å². The molecule has 4 N–H and O–H groups in total. The van der Waals surface area contributed by atoms with Crippen molar-refractivity contribution in [2.24, 2.45) is 16.6 Å². The second-order valence-electron chi connectivity index (χ2n) is 5.61. The van der Waals surface area contributed by atoms with E-state index in [-0.39, 0.29) is 12.0 Å². The number of anilines is 1. The van der Waals surface area contributed by atoms with Crippen LogP contribution in [0, 0.1) is 5.92 Å². The molecule has 1 heterocycles. The first-order chi connectivity index (χ1) is 10.4. The van der Waals surface area contributed by atoms with Gasteiger partial charge in [0, 0.05) is 18.8 Å². The van der Waals surface area contributed by atoms with Gasteiger partial charge in [-0.1, -0.05) is 18.9 Å². The molecule has 2 unspecified atom stereocenters. The van der Waals surface area contributed by atoms with Gasteiger partial charge in [-0.05, 0) is 30.9 Å². The second kappa shape index (κ2) is 7.55. The Bertz CT molecular complexity index is 603. The van der Waals surface area contributed by atoms with Gasteiger partial charge in [-0.2, -0.15) is 0 Å². The van der Waals surface area contributed by atoms with Crippen molar-refractivity contribution in [3.8, 4) is 0 Å². The van der Waals surface area contributed by atoms with Crippen LogP contribution in [0.5, 0.6) is 0 Å². The highest BCUT2D eigenvalue weighted by molar-refractivity contribution is 7.88. The SMILES string of the molecule is CS(=O)(=O)NC1CCCCC1CN=C(N)Nc1ccccn1. The van der Waals surface area contributed by atoms with Gasteiger partial charge in [0.05, 0.1) is 6.26 Å². The lowest BCUT2D eigenvalue weighted by molar-refractivity contribution is 0.297. The number of pyridine rings is 1. The fourth-order valence-corrected chi connectivity index (χ4v) is 3.54. The quantitative estimate of drug-likeness (QED) is 0.551. The number of aliphatic imine (C=N–C) groups is 1. The maximum atomic E-state index is 11.4. The van der Waals surface area contributed by atoms with Crippen molar-refractivity contribution >= 4 is 21.8 Å². The lowest BCUT2D eigenvalue weighted by Gasteiger charge is -2.30. The molecule has 122 valence electrons. The van der Waals surface area contributed by atoms with Gasteiger partial charge < -0.3 is 11.1 Å². The Balaban J connectivity index is 1.93. The molecule has 1 aliphatic rings. The summed E-state index contributed by atoms with van der Waals surface area (Å²) >= 11 is 0. The van der Waals surface area contributed by atoms with E-state index in [1.807, 2.05) is 12.1 Å². The van der Waals surface area contributed by atoms with Crippen LogP contribution in [0.25, 0.3) is 0 Å². The van der Waals surface area contributed by atoms with E-state index in [1.54, 1.807) is 12.3 Å². The highest BCUT2D eigenvalue weighted by Crippen LogP contribution is 2.25. The maximum absolute atomic E-state index is 11.4. The van der Waals surface area contributed by atoms with E-state index >= 15 is 0 Å². The number of guanidine groups is 1. The van der Waals surface area contributed by atoms with Gasteiger partial charge in [0.25, 0.3) is 0 Å².